The van der Waals surface area contributed by atoms with Crippen molar-refractivity contribution in [2.24, 2.45) is 0 Å². The zero-order chi connectivity index (χ0) is 24.4. The van der Waals surface area contributed by atoms with Crippen molar-refractivity contribution in [2.75, 3.05) is 16.0 Å². The van der Waals surface area contributed by atoms with Crippen LogP contribution < -0.4 is 16.0 Å². The van der Waals surface area contributed by atoms with Crippen LogP contribution in [0, 0.1) is 0 Å². The maximum Gasteiger partial charge on any atom is 0.200 e. The largest absolute Gasteiger partial charge is 0.507 e. The maximum absolute atomic E-state index is 14.0. The zero-order valence-electron chi connectivity index (χ0n) is 20.0. The summed E-state index contributed by atoms with van der Waals surface area (Å²) in [5, 5.41) is 20.7. The van der Waals surface area contributed by atoms with Crippen LogP contribution in [0.25, 0.3) is 0 Å². The number of fused-ring (bicyclic) bond motifs is 2. The third-order valence-corrected chi connectivity index (χ3v) is 6.38. The van der Waals surface area contributed by atoms with Gasteiger partial charge in [-0.3, -0.25) is 9.59 Å². The van der Waals surface area contributed by atoms with E-state index in [0.717, 1.165) is 18.5 Å². The lowest BCUT2D eigenvalue weighted by atomic mass is 9.80. The lowest BCUT2D eigenvalue weighted by Gasteiger charge is -2.27. The van der Waals surface area contributed by atoms with Gasteiger partial charge in [-0.2, -0.15) is 0 Å². The first-order chi connectivity index (χ1) is 16.3. The van der Waals surface area contributed by atoms with Gasteiger partial charge in [0, 0.05) is 29.1 Å². The first-order valence-corrected chi connectivity index (χ1v) is 11.8. The highest BCUT2D eigenvalue weighted by atomic mass is 16.3. The van der Waals surface area contributed by atoms with Crippen molar-refractivity contribution in [3.63, 3.8) is 0 Å². The Hall–Kier alpha value is -3.80. The quantitative estimate of drug-likeness (QED) is 0.231. The minimum atomic E-state index is -0.374. The third-order valence-electron chi connectivity index (χ3n) is 6.38. The molecule has 0 fully saturated rings. The Morgan fingerprint density at radius 3 is 1.74 bits per heavy atom. The minimum absolute atomic E-state index is 0.0441. The molecule has 0 heterocycles. The molecule has 4 N–H and O–H groups in total. The van der Waals surface area contributed by atoms with Gasteiger partial charge in [0.2, 0.25) is 0 Å². The monoisotopic (exact) mass is 457 g/mol. The molecule has 0 aliphatic heterocycles. The molecule has 3 aromatic rings. The van der Waals surface area contributed by atoms with Crippen molar-refractivity contribution in [3.05, 3.63) is 76.9 Å². The molecule has 0 radical (unpaired) electrons. The summed E-state index contributed by atoms with van der Waals surface area (Å²) in [7, 11) is 0. The predicted molar refractivity (Wildman–Crippen MR) is 138 cm³/mol. The molecule has 0 bridgehead atoms. The number of hydrogen-bond acceptors (Lipinski definition) is 6. The van der Waals surface area contributed by atoms with Crippen LogP contribution in [0.3, 0.4) is 0 Å². The summed E-state index contributed by atoms with van der Waals surface area (Å²) < 4.78 is 0. The van der Waals surface area contributed by atoms with E-state index in [-0.39, 0.29) is 46.1 Å². The van der Waals surface area contributed by atoms with Crippen LogP contribution in [0.15, 0.2) is 54.6 Å². The molecule has 0 spiro atoms. The summed E-state index contributed by atoms with van der Waals surface area (Å²) in [6.45, 7) is 8.15. The van der Waals surface area contributed by atoms with Gasteiger partial charge in [0.1, 0.15) is 5.75 Å². The molecule has 0 aromatic heterocycles. The van der Waals surface area contributed by atoms with Crippen LogP contribution in [0.1, 0.15) is 72.4 Å². The molecule has 0 saturated heterocycles. The molecule has 2 unspecified atom stereocenters. The number of nitrogens with one attached hydrogen (secondary N) is 3. The molecule has 6 heteroatoms. The summed E-state index contributed by atoms with van der Waals surface area (Å²) in [6.07, 6.45) is 1.71. The molecule has 1 aliphatic carbocycles. The standard InChI is InChI=1S/C28H31N3O3/c1-5-16(3)29-19-12-13-21(31-18-10-8-7-9-11-18)24-23(19)27(33)25-20(30-17(4)6-2)14-15-22(32)26(25)28(24)34/h7-17,29-32H,5-6H2,1-4H3. The molecule has 2 atom stereocenters. The molecule has 6 nitrogen and oxygen atoms in total. The van der Waals surface area contributed by atoms with E-state index in [1.54, 1.807) is 6.07 Å². The van der Waals surface area contributed by atoms with E-state index < -0.39 is 0 Å². The second kappa shape index (κ2) is 9.59. The molecular formula is C28H31N3O3. The van der Waals surface area contributed by atoms with Crippen molar-refractivity contribution >= 4 is 34.3 Å². The Morgan fingerprint density at radius 1 is 0.676 bits per heavy atom. The molecule has 34 heavy (non-hydrogen) atoms. The van der Waals surface area contributed by atoms with Crippen molar-refractivity contribution in [1.29, 1.82) is 0 Å². The normalized spacial score (nSPS) is 14.1. The molecular weight excluding hydrogens is 426 g/mol. The fourth-order valence-corrected chi connectivity index (χ4v) is 4.14. The second-order valence-corrected chi connectivity index (χ2v) is 8.85. The first kappa shape index (κ1) is 23.4. The zero-order valence-corrected chi connectivity index (χ0v) is 20.0. The van der Waals surface area contributed by atoms with Crippen molar-refractivity contribution < 1.29 is 14.7 Å². The molecule has 0 amide bonds. The van der Waals surface area contributed by atoms with Crippen LogP contribution in [0.4, 0.5) is 22.7 Å². The number of carbonyl (C=O) groups is 2. The molecule has 4 rings (SSSR count). The first-order valence-electron chi connectivity index (χ1n) is 11.8. The Morgan fingerprint density at radius 2 is 1.15 bits per heavy atom. The Labute approximate surface area is 200 Å². The number of hydrogen-bond donors (Lipinski definition) is 4. The summed E-state index contributed by atoms with van der Waals surface area (Å²) in [4.78, 5) is 27.9. The smallest absolute Gasteiger partial charge is 0.200 e. The Bertz CT molecular complexity index is 1240. The lowest BCUT2D eigenvalue weighted by Crippen LogP contribution is -2.27. The second-order valence-electron chi connectivity index (χ2n) is 8.85. The van der Waals surface area contributed by atoms with Gasteiger partial charge in [-0.15, -0.1) is 0 Å². The molecule has 176 valence electrons. The van der Waals surface area contributed by atoms with E-state index in [2.05, 4.69) is 22.9 Å². The van der Waals surface area contributed by atoms with Gasteiger partial charge in [-0.05, 0) is 63.1 Å². The maximum atomic E-state index is 14.0. The highest BCUT2D eigenvalue weighted by Gasteiger charge is 2.38. The van der Waals surface area contributed by atoms with Gasteiger partial charge in [-0.1, -0.05) is 32.0 Å². The molecule has 0 saturated carbocycles. The van der Waals surface area contributed by atoms with E-state index in [4.69, 9.17) is 0 Å². The van der Waals surface area contributed by atoms with Crippen molar-refractivity contribution in [3.8, 4) is 5.75 Å². The topological polar surface area (TPSA) is 90.5 Å². The lowest BCUT2D eigenvalue weighted by molar-refractivity contribution is 0.0978. The summed E-state index contributed by atoms with van der Waals surface area (Å²) in [5.74, 6) is -0.852. The highest BCUT2D eigenvalue weighted by Crippen LogP contribution is 2.43. The van der Waals surface area contributed by atoms with Gasteiger partial charge in [0.15, 0.2) is 11.6 Å². The summed E-state index contributed by atoms with van der Waals surface area (Å²) in [5.41, 5.74) is 3.37. The number of phenols is 1. The van der Waals surface area contributed by atoms with Crippen molar-refractivity contribution in [1.82, 2.24) is 0 Å². The van der Waals surface area contributed by atoms with Crippen LogP contribution in [0.2, 0.25) is 0 Å². The number of para-hydroxylation sites is 1. The number of phenolic OH excluding ortho intramolecular Hbond substituents is 1. The van der Waals surface area contributed by atoms with Crippen LogP contribution in [0.5, 0.6) is 5.75 Å². The van der Waals surface area contributed by atoms with Crippen LogP contribution in [-0.2, 0) is 0 Å². The molecule has 3 aromatic carbocycles. The van der Waals surface area contributed by atoms with E-state index >= 15 is 0 Å². The van der Waals surface area contributed by atoms with Crippen LogP contribution >= 0.6 is 0 Å². The highest BCUT2D eigenvalue weighted by molar-refractivity contribution is 6.34. The molecule has 1 aliphatic rings. The fraction of sp³-hybridized carbons (Fsp3) is 0.286. The SMILES string of the molecule is CCC(C)Nc1ccc(O)c2c1C(=O)c1c(NC(C)CC)ccc(Nc3ccccc3)c1C2=O. The van der Waals surface area contributed by atoms with E-state index in [1.807, 2.05) is 63.2 Å². The van der Waals surface area contributed by atoms with E-state index in [1.165, 1.54) is 6.07 Å². The number of ketones is 2. The fourth-order valence-electron chi connectivity index (χ4n) is 4.14. The summed E-state index contributed by atoms with van der Waals surface area (Å²) in [6, 6.07) is 16.5. The van der Waals surface area contributed by atoms with E-state index in [9.17, 15) is 14.7 Å². The van der Waals surface area contributed by atoms with E-state index in [0.29, 0.717) is 22.6 Å². The van der Waals surface area contributed by atoms with Gasteiger partial charge in [0.25, 0.3) is 0 Å². The van der Waals surface area contributed by atoms with Gasteiger partial charge in [-0.25, -0.2) is 0 Å². The number of aromatic hydroxyl groups is 1. The summed E-state index contributed by atoms with van der Waals surface area (Å²) >= 11 is 0. The number of anilines is 4. The van der Waals surface area contributed by atoms with Gasteiger partial charge < -0.3 is 21.1 Å². The van der Waals surface area contributed by atoms with Crippen molar-refractivity contribution in [2.45, 2.75) is 52.6 Å². The van der Waals surface area contributed by atoms with Crippen LogP contribution in [-0.4, -0.2) is 28.8 Å². The average Bonchev–Trinajstić information content (AvgIpc) is 2.84. The third kappa shape index (κ3) is 4.23. The van der Waals surface area contributed by atoms with Gasteiger partial charge in [0.05, 0.1) is 27.9 Å². The average molecular weight is 458 g/mol. The number of rotatable bonds is 8. The van der Waals surface area contributed by atoms with Gasteiger partial charge >= 0.3 is 0 Å². The minimum Gasteiger partial charge on any atom is -0.507 e. The number of benzene rings is 3. The predicted octanol–water partition coefficient (Wildman–Crippen LogP) is 6.33. The Balaban J connectivity index is 1.93. The Kier molecular flexibility index (Phi) is 6.59. The number of carbonyl (C=O) groups excluding carboxylic acids is 2.